The van der Waals surface area contributed by atoms with Crippen LogP contribution in [-0.2, 0) is 6.42 Å². The van der Waals surface area contributed by atoms with Crippen LogP contribution in [0.2, 0.25) is 0 Å². The Morgan fingerprint density at radius 3 is 2.55 bits per heavy atom. The molecule has 2 aromatic rings. The lowest BCUT2D eigenvalue weighted by molar-refractivity contribution is 0.0982. The molecule has 0 aliphatic rings. The van der Waals surface area contributed by atoms with Gasteiger partial charge in [-0.2, -0.15) is 0 Å². The molecule has 2 aromatic carbocycles. The molecule has 0 spiro atoms. The second-order valence-electron chi connectivity index (χ2n) is 4.37. The smallest absolute Gasteiger partial charge is 0.163 e. The molecule has 0 unspecified atom stereocenters. The third kappa shape index (κ3) is 3.33. The van der Waals surface area contributed by atoms with Gasteiger partial charge in [-0.15, -0.1) is 0 Å². The molecule has 0 radical (unpaired) electrons. The molecule has 2 rings (SSSR count). The Hall–Kier alpha value is -1.94. The normalized spacial score (nSPS) is 10.3. The third-order valence-corrected chi connectivity index (χ3v) is 3.30. The van der Waals surface area contributed by atoms with Gasteiger partial charge in [0.2, 0.25) is 0 Å². The van der Waals surface area contributed by atoms with Crippen molar-refractivity contribution in [3.63, 3.8) is 0 Å². The fourth-order valence-corrected chi connectivity index (χ4v) is 2.17. The van der Waals surface area contributed by atoms with Crippen LogP contribution in [0.4, 0.5) is 8.78 Å². The zero-order valence-corrected chi connectivity index (χ0v) is 11.4. The highest BCUT2D eigenvalue weighted by molar-refractivity contribution is 7.79. The minimum Gasteiger partial charge on any atom is -0.294 e. The van der Waals surface area contributed by atoms with E-state index in [0.717, 1.165) is 23.3 Å². The minimum atomic E-state index is -1.00. The second kappa shape index (κ2) is 6.48. The Morgan fingerprint density at radius 1 is 1.10 bits per heavy atom. The maximum absolute atomic E-state index is 13.1. The Kier molecular flexibility index (Phi) is 4.69. The summed E-state index contributed by atoms with van der Waals surface area (Å²) in [7, 11) is 0. The second-order valence-corrected chi connectivity index (χ2v) is 4.60. The monoisotopic (exact) mass is 290 g/mol. The van der Waals surface area contributed by atoms with Crippen molar-refractivity contribution in [2.45, 2.75) is 12.8 Å². The summed E-state index contributed by atoms with van der Waals surface area (Å²) in [5.74, 6) is -2.18. The number of hydrogen-bond acceptors (Lipinski definition) is 2. The molecule has 0 aromatic heterocycles. The van der Waals surface area contributed by atoms with Crippen LogP contribution >= 0.6 is 12.2 Å². The van der Waals surface area contributed by atoms with Crippen molar-refractivity contribution in [1.82, 2.24) is 0 Å². The van der Waals surface area contributed by atoms with Crippen molar-refractivity contribution in [2.75, 3.05) is 0 Å². The van der Waals surface area contributed by atoms with Gasteiger partial charge in [0.05, 0.1) is 0 Å². The number of rotatable bonds is 5. The minimum absolute atomic E-state index is 0.184. The van der Waals surface area contributed by atoms with Crippen LogP contribution in [-0.4, -0.2) is 11.2 Å². The summed E-state index contributed by atoms with van der Waals surface area (Å²) >= 11 is 4.91. The van der Waals surface area contributed by atoms with E-state index in [1.807, 2.05) is 24.3 Å². The fraction of sp³-hybridized carbons (Fsp3) is 0.125. The van der Waals surface area contributed by atoms with E-state index in [9.17, 15) is 13.6 Å². The van der Waals surface area contributed by atoms with Gasteiger partial charge in [-0.25, -0.2) is 8.78 Å². The highest BCUT2D eigenvalue weighted by Gasteiger charge is 2.10. The standard InChI is InChI=1S/C16H12F2OS/c17-14-7-5-12(9-15(14)18)16(19)8-6-11-3-1-2-4-13(11)10-20/h1-5,7,9-10H,6,8H2. The first-order valence-corrected chi connectivity index (χ1v) is 6.60. The molecular weight excluding hydrogens is 278 g/mol. The Labute approximate surface area is 121 Å². The molecule has 0 N–H and O–H groups in total. The zero-order chi connectivity index (χ0) is 14.5. The fourth-order valence-electron chi connectivity index (χ4n) is 1.94. The lowest BCUT2D eigenvalue weighted by atomic mass is 10.00. The Balaban J connectivity index is 2.08. The molecule has 102 valence electrons. The Bertz CT molecular complexity index is 653. The molecule has 0 aliphatic carbocycles. The highest BCUT2D eigenvalue weighted by Crippen LogP contribution is 2.14. The summed E-state index contributed by atoms with van der Waals surface area (Å²) in [6, 6.07) is 10.7. The van der Waals surface area contributed by atoms with Crippen molar-refractivity contribution < 1.29 is 13.6 Å². The zero-order valence-electron chi connectivity index (χ0n) is 10.6. The van der Waals surface area contributed by atoms with E-state index in [1.54, 1.807) is 5.37 Å². The number of halogens is 2. The first-order chi connectivity index (χ1) is 9.61. The van der Waals surface area contributed by atoms with Crippen LogP contribution < -0.4 is 0 Å². The van der Waals surface area contributed by atoms with Crippen molar-refractivity contribution in [3.05, 3.63) is 70.8 Å². The number of carbonyl (C=O) groups is 1. The van der Waals surface area contributed by atoms with Crippen LogP contribution in [0, 0.1) is 11.6 Å². The molecule has 0 heterocycles. The molecule has 0 saturated heterocycles. The average Bonchev–Trinajstić information content (AvgIpc) is 2.47. The maximum atomic E-state index is 13.1. The molecule has 0 bridgehead atoms. The number of carbonyl (C=O) groups excluding carboxylic acids is 1. The van der Waals surface area contributed by atoms with Gasteiger partial charge in [0.25, 0.3) is 0 Å². The SMILES string of the molecule is O=C(CCc1ccccc1C=S)c1ccc(F)c(F)c1. The summed E-state index contributed by atoms with van der Waals surface area (Å²) in [6.07, 6.45) is 0.742. The van der Waals surface area contributed by atoms with Crippen molar-refractivity contribution in [1.29, 1.82) is 0 Å². The Morgan fingerprint density at radius 2 is 1.85 bits per heavy atom. The van der Waals surface area contributed by atoms with Gasteiger partial charge in [-0.05, 0) is 35.7 Å². The molecule has 4 heteroatoms. The van der Waals surface area contributed by atoms with Gasteiger partial charge in [0.1, 0.15) is 0 Å². The predicted molar refractivity (Wildman–Crippen MR) is 78.2 cm³/mol. The molecule has 20 heavy (non-hydrogen) atoms. The van der Waals surface area contributed by atoms with Gasteiger partial charge >= 0.3 is 0 Å². The van der Waals surface area contributed by atoms with Crippen LogP contribution in [0.25, 0.3) is 0 Å². The van der Waals surface area contributed by atoms with Gasteiger partial charge in [0, 0.05) is 17.4 Å². The quantitative estimate of drug-likeness (QED) is 0.608. The summed E-state index contributed by atoms with van der Waals surface area (Å²) in [6.45, 7) is 0. The summed E-state index contributed by atoms with van der Waals surface area (Å²) in [5.41, 5.74) is 2.06. The average molecular weight is 290 g/mol. The van der Waals surface area contributed by atoms with Crippen molar-refractivity contribution >= 4 is 23.4 Å². The van der Waals surface area contributed by atoms with Crippen LogP contribution in [0.1, 0.15) is 27.9 Å². The number of Topliss-reactive ketones (excluding diaryl/α,β-unsaturated/α-hetero) is 1. The number of thiocarbonyl (C=S) groups is 1. The predicted octanol–water partition coefficient (Wildman–Crippen LogP) is 4.13. The van der Waals surface area contributed by atoms with E-state index < -0.39 is 11.6 Å². The number of aryl methyl sites for hydroxylation is 1. The molecule has 1 nitrogen and oxygen atoms in total. The number of benzene rings is 2. The van der Waals surface area contributed by atoms with E-state index in [4.69, 9.17) is 12.2 Å². The van der Waals surface area contributed by atoms with E-state index in [0.29, 0.717) is 6.42 Å². The summed E-state index contributed by atoms with van der Waals surface area (Å²) in [4.78, 5) is 12.0. The van der Waals surface area contributed by atoms with Crippen molar-refractivity contribution in [2.24, 2.45) is 0 Å². The van der Waals surface area contributed by atoms with E-state index in [1.165, 1.54) is 6.07 Å². The van der Waals surface area contributed by atoms with E-state index in [2.05, 4.69) is 0 Å². The highest BCUT2D eigenvalue weighted by atomic mass is 32.1. The van der Waals surface area contributed by atoms with Crippen LogP contribution in [0.5, 0.6) is 0 Å². The van der Waals surface area contributed by atoms with Crippen molar-refractivity contribution in [3.8, 4) is 0 Å². The molecule has 0 saturated carbocycles. The lowest BCUT2D eigenvalue weighted by Crippen LogP contribution is -2.03. The maximum Gasteiger partial charge on any atom is 0.163 e. The largest absolute Gasteiger partial charge is 0.294 e. The van der Waals surface area contributed by atoms with Gasteiger partial charge < -0.3 is 0 Å². The van der Waals surface area contributed by atoms with Gasteiger partial charge in [-0.3, -0.25) is 4.79 Å². The number of ketones is 1. The molecular formula is C16H12F2OS. The number of hydrogen-bond donors (Lipinski definition) is 0. The summed E-state index contributed by atoms with van der Waals surface area (Å²) in [5, 5.41) is 1.57. The molecule has 0 fully saturated rings. The lowest BCUT2D eigenvalue weighted by Gasteiger charge is -2.05. The molecule has 0 atom stereocenters. The van der Waals surface area contributed by atoms with Gasteiger partial charge in [-0.1, -0.05) is 36.5 Å². The first-order valence-electron chi connectivity index (χ1n) is 6.13. The van der Waals surface area contributed by atoms with Crippen LogP contribution in [0.3, 0.4) is 0 Å². The first kappa shape index (κ1) is 14.5. The topological polar surface area (TPSA) is 17.1 Å². The third-order valence-electron chi connectivity index (χ3n) is 3.05. The van der Waals surface area contributed by atoms with Gasteiger partial charge in [0.15, 0.2) is 17.4 Å². The van der Waals surface area contributed by atoms with Crippen LogP contribution in [0.15, 0.2) is 42.5 Å². The molecule has 0 amide bonds. The van der Waals surface area contributed by atoms with E-state index >= 15 is 0 Å². The van der Waals surface area contributed by atoms with E-state index in [-0.39, 0.29) is 17.8 Å². The molecule has 0 aliphatic heterocycles. The summed E-state index contributed by atoms with van der Waals surface area (Å²) < 4.78 is 25.9.